The van der Waals surface area contributed by atoms with Gasteiger partial charge in [0.1, 0.15) is 0 Å². The predicted octanol–water partition coefficient (Wildman–Crippen LogP) is 1.66. The molecule has 20 heavy (non-hydrogen) atoms. The lowest BCUT2D eigenvalue weighted by Gasteiger charge is -2.20. The first-order valence-corrected chi connectivity index (χ1v) is 9.20. The van der Waals surface area contributed by atoms with Crippen LogP contribution in [0.15, 0.2) is 16.3 Å². The van der Waals surface area contributed by atoms with E-state index < -0.39 is 10.0 Å². The highest BCUT2D eigenvalue weighted by molar-refractivity contribution is 7.89. The monoisotopic (exact) mass is 318 g/mol. The molecule has 5 nitrogen and oxygen atoms in total. The van der Waals surface area contributed by atoms with Crippen LogP contribution in [0, 0.1) is 0 Å². The van der Waals surface area contributed by atoms with E-state index >= 15 is 0 Å². The number of nitrogens with one attached hydrogen (secondary N) is 1. The van der Waals surface area contributed by atoms with E-state index in [-0.39, 0.29) is 0 Å². The van der Waals surface area contributed by atoms with Crippen molar-refractivity contribution in [1.82, 2.24) is 9.62 Å². The molecule has 0 unspecified atom stereocenters. The summed E-state index contributed by atoms with van der Waals surface area (Å²) in [6.07, 6.45) is 2.39. The van der Waals surface area contributed by atoms with Crippen LogP contribution in [0.1, 0.15) is 24.6 Å². The highest BCUT2D eigenvalue weighted by Gasteiger charge is 2.27. The van der Waals surface area contributed by atoms with Crippen molar-refractivity contribution in [2.45, 2.75) is 37.2 Å². The van der Waals surface area contributed by atoms with Crippen molar-refractivity contribution < 1.29 is 13.2 Å². The largest absolute Gasteiger partial charge is 0.383 e. The molecule has 1 fully saturated rings. The molecule has 0 bridgehead atoms. The summed E-state index contributed by atoms with van der Waals surface area (Å²) in [4.78, 5) is 1.33. The third-order valence-corrected chi connectivity index (χ3v) is 6.46. The maximum absolute atomic E-state index is 12.7. The van der Waals surface area contributed by atoms with Crippen molar-refractivity contribution in [2.24, 2.45) is 0 Å². The van der Waals surface area contributed by atoms with E-state index in [9.17, 15) is 8.42 Å². The maximum Gasteiger partial charge on any atom is 0.244 e. The van der Waals surface area contributed by atoms with Gasteiger partial charge < -0.3 is 10.1 Å². The predicted molar refractivity (Wildman–Crippen MR) is 80.5 cm³/mol. The van der Waals surface area contributed by atoms with E-state index in [2.05, 4.69) is 5.32 Å². The first-order chi connectivity index (χ1) is 9.59. The Morgan fingerprint density at radius 2 is 2.25 bits per heavy atom. The summed E-state index contributed by atoms with van der Waals surface area (Å²) >= 11 is 1.50. The molecule has 1 N–H and O–H groups in total. The van der Waals surface area contributed by atoms with Crippen LogP contribution in [-0.2, 0) is 21.3 Å². The van der Waals surface area contributed by atoms with E-state index in [0.29, 0.717) is 37.2 Å². The molecule has 0 spiro atoms. The van der Waals surface area contributed by atoms with Gasteiger partial charge in [-0.15, -0.1) is 11.3 Å². The maximum atomic E-state index is 12.7. The van der Waals surface area contributed by atoms with Crippen molar-refractivity contribution in [3.8, 4) is 0 Å². The van der Waals surface area contributed by atoms with Gasteiger partial charge in [0, 0.05) is 37.7 Å². The molecule has 1 aliphatic carbocycles. The van der Waals surface area contributed by atoms with E-state index in [1.54, 1.807) is 13.2 Å². The van der Waals surface area contributed by atoms with Gasteiger partial charge in [-0.05, 0) is 24.3 Å². The van der Waals surface area contributed by atoms with E-state index in [1.807, 2.05) is 12.3 Å². The number of hydrogen-bond acceptors (Lipinski definition) is 5. The molecule has 2 rings (SSSR count). The normalized spacial score (nSPS) is 15.9. The molecule has 1 heterocycles. The van der Waals surface area contributed by atoms with Gasteiger partial charge >= 0.3 is 0 Å². The fourth-order valence-electron chi connectivity index (χ4n) is 1.99. The Bertz CT molecular complexity index is 523. The summed E-state index contributed by atoms with van der Waals surface area (Å²) in [5, 5.41) is 5.22. The van der Waals surface area contributed by atoms with Crippen molar-refractivity contribution in [3.63, 3.8) is 0 Å². The number of thiophene rings is 1. The minimum Gasteiger partial charge on any atom is -0.383 e. The molecule has 0 aliphatic heterocycles. The van der Waals surface area contributed by atoms with Crippen molar-refractivity contribution in [1.29, 1.82) is 0 Å². The van der Waals surface area contributed by atoms with Crippen molar-refractivity contribution >= 4 is 21.4 Å². The third-order valence-electron chi connectivity index (χ3n) is 3.35. The van der Waals surface area contributed by atoms with Crippen LogP contribution in [0.3, 0.4) is 0 Å². The number of ether oxygens (including phenoxy) is 1. The Balaban J connectivity index is 2.12. The number of methoxy groups -OCH3 is 1. The summed E-state index contributed by atoms with van der Waals surface area (Å²) in [5.41, 5.74) is 0. The molecular formula is C13H22N2O3S2. The van der Waals surface area contributed by atoms with E-state index in [4.69, 9.17) is 4.74 Å². The van der Waals surface area contributed by atoms with Gasteiger partial charge in [0.25, 0.3) is 0 Å². The fourth-order valence-corrected chi connectivity index (χ4v) is 4.79. The summed E-state index contributed by atoms with van der Waals surface area (Å²) in [6.45, 7) is 3.74. The van der Waals surface area contributed by atoms with Crippen LogP contribution >= 0.6 is 11.3 Å². The van der Waals surface area contributed by atoms with Crippen LogP contribution in [0.5, 0.6) is 0 Å². The lowest BCUT2D eigenvalue weighted by atomic mass is 10.4. The molecule has 0 aromatic carbocycles. The molecular weight excluding hydrogens is 296 g/mol. The highest BCUT2D eigenvalue weighted by atomic mass is 32.2. The second kappa shape index (κ2) is 7.00. The first-order valence-electron chi connectivity index (χ1n) is 6.88. The summed E-state index contributed by atoms with van der Waals surface area (Å²) < 4.78 is 31.8. The Morgan fingerprint density at radius 1 is 1.50 bits per heavy atom. The summed E-state index contributed by atoms with van der Waals surface area (Å²) in [6, 6.07) is 2.28. The lowest BCUT2D eigenvalue weighted by molar-refractivity contribution is 0.180. The minimum atomic E-state index is -3.41. The van der Waals surface area contributed by atoms with Crippen LogP contribution in [-0.4, -0.2) is 45.6 Å². The molecule has 114 valence electrons. The zero-order valence-corrected chi connectivity index (χ0v) is 13.6. The van der Waals surface area contributed by atoms with Gasteiger partial charge in [-0.2, -0.15) is 4.31 Å². The summed E-state index contributed by atoms with van der Waals surface area (Å²) in [5.74, 6) is 0. The third kappa shape index (κ3) is 3.79. The average molecular weight is 318 g/mol. The number of likely N-dealkylation sites (N-methyl/N-ethyl adjacent to an activating group) is 1. The minimum absolute atomic E-state index is 0.390. The molecule has 0 atom stereocenters. The zero-order chi connectivity index (χ0) is 14.6. The van der Waals surface area contributed by atoms with Gasteiger partial charge in [0.15, 0.2) is 0 Å². The number of rotatable bonds is 9. The Morgan fingerprint density at radius 3 is 2.85 bits per heavy atom. The van der Waals surface area contributed by atoms with Crippen LogP contribution in [0.4, 0.5) is 0 Å². The summed E-state index contributed by atoms with van der Waals surface area (Å²) in [7, 11) is -1.84. The van der Waals surface area contributed by atoms with Gasteiger partial charge in [0.2, 0.25) is 10.0 Å². The van der Waals surface area contributed by atoms with Crippen LogP contribution in [0.25, 0.3) is 0 Å². The molecule has 0 saturated heterocycles. The standard InChI is InChI=1S/C13H22N2O3S2/c1-3-15(7-8-18-2)20(16,17)13-6-9-19-12(13)10-14-11-4-5-11/h6,9,11,14H,3-5,7-8,10H2,1-2H3. The Hall–Kier alpha value is -0.470. The number of sulfonamides is 1. The van der Waals surface area contributed by atoms with E-state index in [1.165, 1.54) is 28.5 Å². The van der Waals surface area contributed by atoms with Crippen LogP contribution < -0.4 is 5.32 Å². The molecule has 0 amide bonds. The topological polar surface area (TPSA) is 58.6 Å². The number of hydrogen-bond donors (Lipinski definition) is 1. The molecule has 0 radical (unpaired) electrons. The van der Waals surface area contributed by atoms with Gasteiger partial charge in [-0.3, -0.25) is 0 Å². The smallest absolute Gasteiger partial charge is 0.244 e. The highest BCUT2D eigenvalue weighted by Crippen LogP contribution is 2.27. The molecule has 1 aliphatic rings. The average Bonchev–Trinajstić information content (AvgIpc) is 3.13. The quantitative estimate of drug-likeness (QED) is 0.752. The van der Waals surface area contributed by atoms with Crippen molar-refractivity contribution in [2.75, 3.05) is 26.8 Å². The SMILES string of the molecule is CCN(CCOC)S(=O)(=O)c1ccsc1CNC1CC1. The second-order valence-electron chi connectivity index (χ2n) is 4.85. The Kier molecular flexibility index (Phi) is 5.57. The van der Waals surface area contributed by atoms with E-state index in [0.717, 1.165) is 4.88 Å². The fraction of sp³-hybridized carbons (Fsp3) is 0.692. The van der Waals surface area contributed by atoms with Gasteiger partial charge in [-0.1, -0.05) is 6.92 Å². The molecule has 7 heteroatoms. The molecule has 1 saturated carbocycles. The van der Waals surface area contributed by atoms with Gasteiger partial charge in [0.05, 0.1) is 11.5 Å². The first kappa shape index (κ1) is 15.9. The Labute approximate surface area is 125 Å². The second-order valence-corrected chi connectivity index (χ2v) is 7.76. The zero-order valence-electron chi connectivity index (χ0n) is 12.0. The molecule has 1 aromatic heterocycles. The van der Waals surface area contributed by atoms with Crippen LogP contribution in [0.2, 0.25) is 0 Å². The van der Waals surface area contributed by atoms with Gasteiger partial charge in [-0.25, -0.2) is 8.42 Å². The number of nitrogens with zero attached hydrogens (tertiary/aromatic N) is 1. The van der Waals surface area contributed by atoms with Crippen molar-refractivity contribution in [3.05, 3.63) is 16.3 Å². The molecule has 1 aromatic rings. The lowest BCUT2D eigenvalue weighted by Crippen LogP contribution is -2.34.